The van der Waals surface area contributed by atoms with Crippen molar-refractivity contribution in [2.24, 2.45) is 5.92 Å². The lowest BCUT2D eigenvalue weighted by Gasteiger charge is -2.15. The Hall–Kier alpha value is -0.960. The van der Waals surface area contributed by atoms with E-state index in [9.17, 15) is 0 Å². The molecule has 1 saturated carbocycles. The Morgan fingerprint density at radius 1 is 1.50 bits per heavy atom. The number of hydrogen-bond acceptors (Lipinski definition) is 3. The zero-order valence-electron chi connectivity index (χ0n) is 9.45. The van der Waals surface area contributed by atoms with Crippen LogP contribution in [0.2, 0.25) is 0 Å². The van der Waals surface area contributed by atoms with Gasteiger partial charge in [-0.05, 0) is 24.8 Å². The van der Waals surface area contributed by atoms with Crippen molar-refractivity contribution >= 4 is 17.4 Å². The van der Waals surface area contributed by atoms with Crippen molar-refractivity contribution < 1.29 is 4.74 Å². The highest BCUT2D eigenvalue weighted by Gasteiger charge is 2.24. The van der Waals surface area contributed by atoms with E-state index in [4.69, 9.17) is 16.3 Å². The van der Waals surface area contributed by atoms with Crippen LogP contribution >= 0.6 is 11.6 Å². The van der Waals surface area contributed by atoms with Crippen LogP contribution in [-0.4, -0.2) is 24.0 Å². The number of nitrogens with zero attached hydrogens (tertiary/aromatic N) is 1. The number of methoxy groups -OCH3 is 1. The van der Waals surface area contributed by atoms with Crippen molar-refractivity contribution in [3.05, 3.63) is 18.2 Å². The average molecular weight is 241 g/mol. The molecule has 0 saturated heterocycles. The van der Waals surface area contributed by atoms with Gasteiger partial charge in [-0.1, -0.05) is 12.5 Å². The van der Waals surface area contributed by atoms with Crippen LogP contribution in [0.25, 0.3) is 0 Å². The van der Waals surface area contributed by atoms with Crippen molar-refractivity contribution in [3.63, 3.8) is 0 Å². The van der Waals surface area contributed by atoms with E-state index in [1.807, 2.05) is 18.2 Å². The summed E-state index contributed by atoms with van der Waals surface area (Å²) in [5, 5.41) is 3.63. The summed E-state index contributed by atoms with van der Waals surface area (Å²) < 4.78 is 5.07. The quantitative estimate of drug-likeness (QED) is 0.822. The molecule has 0 bridgehead atoms. The van der Waals surface area contributed by atoms with E-state index in [-0.39, 0.29) is 0 Å². The van der Waals surface area contributed by atoms with Gasteiger partial charge < -0.3 is 10.1 Å². The lowest BCUT2D eigenvalue weighted by Crippen LogP contribution is -2.18. The first kappa shape index (κ1) is 11.5. The predicted octanol–water partition coefficient (Wildman–Crippen LogP) is 2.91. The fraction of sp³-hybridized carbons (Fsp3) is 0.583. The molecular formula is C12H17ClN2O. The number of nitrogens with one attached hydrogen (secondary N) is 1. The summed E-state index contributed by atoms with van der Waals surface area (Å²) >= 11 is 6.22. The summed E-state index contributed by atoms with van der Waals surface area (Å²) in [5.74, 6) is 2.06. The Balaban J connectivity index is 1.88. The summed E-state index contributed by atoms with van der Waals surface area (Å²) in [6, 6.07) is 5.72. The van der Waals surface area contributed by atoms with Crippen molar-refractivity contribution in [2.45, 2.75) is 24.6 Å². The summed E-state index contributed by atoms with van der Waals surface area (Å²) in [6.45, 7) is 0.897. The lowest BCUT2D eigenvalue weighted by atomic mass is 10.1. The molecule has 16 heavy (non-hydrogen) atoms. The molecule has 1 aromatic heterocycles. The normalized spacial score (nSPS) is 24.4. The van der Waals surface area contributed by atoms with Gasteiger partial charge in [-0.25, -0.2) is 0 Å². The minimum atomic E-state index is 0.318. The highest BCUT2D eigenvalue weighted by Crippen LogP contribution is 2.30. The van der Waals surface area contributed by atoms with E-state index in [0.29, 0.717) is 17.2 Å². The van der Waals surface area contributed by atoms with Gasteiger partial charge in [0.15, 0.2) is 0 Å². The standard InChI is InChI=1S/C12H17ClN2O/c1-16-12-7-3-6-11(15-12)14-8-9-4-2-5-10(9)13/h3,6-7,9-10H,2,4-5,8H2,1H3,(H,14,15). The number of halogens is 1. The minimum absolute atomic E-state index is 0.318. The molecule has 1 aliphatic carbocycles. The van der Waals surface area contributed by atoms with E-state index < -0.39 is 0 Å². The third-order valence-electron chi connectivity index (χ3n) is 3.04. The molecule has 2 atom stereocenters. The fourth-order valence-corrected chi connectivity index (χ4v) is 2.45. The summed E-state index contributed by atoms with van der Waals surface area (Å²) in [4.78, 5) is 4.30. The van der Waals surface area contributed by atoms with Gasteiger partial charge in [0, 0.05) is 18.0 Å². The van der Waals surface area contributed by atoms with Gasteiger partial charge in [0.1, 0.15) is 5.82 Å². The van der Waals surface area contributed by atoms with E-state index in [1.54, 1.807) is 7.11 Å². The molecule has 0 aromatic carbocycles. The number of hydrogen-bond donors (Lipinski definition) is 1. The van der Waals surface area contributed by atoms with Crippen LogP contribution in [0.5, 0.6) is 5.88 Å². The van der Waals surface area contributed by atoms with Crippen molar-refractivity contribution in [1.82, 2.24) is 4.98 Å². The zero-order valence-corrected chi connectivity index (χ0v) is 10.2. The minimum Gasteiger partial charge on any atom is -0.481 e. The second-order valence-electron chi connectivity index (χ2n) is 4.15. The molecule has 1 N–H and O–H groups in total. The van der Waals surface area contributed by atoms with Crippen LogP contribution in [0, 0.1) is 5.92 Å². The van der Waals surface area contributed by atoms with Crippen LogP contribution in [-0.2, 0) is 0 Å². The third kappa shape index (κ3) is 2.79. The first-order chi connectivity index (χ1) is 7.79. The van der Waals surface area contributed by atoms with Gasteiger partial charge in [-0.3, -0.25) is 0 Å². The number of aromatic nitrogens is 1. The van der Waals surface area contributed by atoms with Crippen molar-refractivity contribution in [3.8, 4) is 5.88 Å². The number of ether oxygens (including phenoxy) is 1. The maximum Gasteiger partial charge on any atom is 0.214 e. The number of rotatable bonds is 4. The topological polar surface area (TPSA) is 34.1 Å². The molecule has 0 spiro atoms. The van der Waals surface area contributed by atoms with Crippen LogP contribution in [0.3, 0.4) is 0 Å². The summed E-state index contributed by atoms with van der Waals surface area (Å²) in [6.07, 6.45) is 3.59. The van der Waals surface area contributed by atoms with Gasteiger partial charge >= 0.3 is 0 Å². The molecule has 1 heterocycles. The van der Waals surface area contributed by atoms with Gasteiger partial charge in [-0.15, -0.1) is 11.6 Å². The monoisotopic (exact) mass is 240 g/mol. The largest absolute Gasteiger partial charge is 0.481 e. The first-order valence-corrected chi connectivity index (χ1v) is 6.12. The molecule has 2 rings (SSSR count). The molecule has 2 unspecified atom stereocenters. The van der Waals surface area contributed by atoms with Crippen LogP contribution < -0.4 is 10.1 Å². The predicted molar refractivity (Wildman–Crippen MR) is 66.3 cm³/mol. The fourth-order valence-electron chi connectivity index (χ4n) is 2.08. The molecule has 0 amide bonds. The highest BCUT2D eigenvalue weighted by molar-refractivity contribution is 6.20. The Labute approximate surface area is 101 Å². The van der Waals surface area contributed by atoms with Crippen LogP contribution in [0.4, 0.5) is 5.82 Å². The summed E-state index contributed by atoms with van der Waals surface area (Å²) in [7, 11) is 1.62. The molecule has 3 nitrogen and oxygen atoms in total. The average Bonchev–Trinajstić information content (AvgIpc) is 2.72. The number of anilines is 1. The SMILES string of the molecule is COc1cccc(NCC2CCCC2Cl)n1. The highest BCUT2D eigenvalue weighted by atomic mass is 35.5. The molecule has 0 radical (unpaired) electrons. The van der Waals surface area contributed by atoms with E-state index in [0.717, 1.165) is 18.8 Å². The maximum absolute atomic E-state index is 6.22. The van der Waals surface area contributed by atoms with Crippen molar-refractivity contribution in [2.75, 3.05) is 19.0 Å². The Morgan fingerprint density at radius 3 is 3.06 bits per heavy atom. The van der Waals surface area contributed by atoms with Gasteiger partial charge in [0.25, 0.3) is 0 Å². The van der Waals surface area contributed by atoms with Gasteiger partial charge in [0.2, 0.25) is 5.88 Å². The summed E-state index contributed by atoms with van der Waals surface area (Å²) in [5.41, 5.74) is 0. The Kier molecular flexibility index (Phi) is 3.88. The molecular weight excluding hydrogens is 224 g/mol. The smallest absolute Gasteiger partial charge is 0.214 e. The lowest BCUT2D eigenvalue weighted by molar-refractivity contribution is 0.398. The molecule has 1 aromatic rings. The maximum atomic E-state index is 6.22. The molecule has 88 valence electrons. The molecule has 1 fully saturated rings. The van der Waals surface area contributed by atoms with E-state index in [1.165, 1.54) is 12.8 Å². The van der Waals surface area contributed by atoms with E-state index in [2.05, 4.69) is 10.3 Å². The number of alkyl halides is 1. The molecule has 0 aliphatic heterocycles. The second kappa shape index (κ2) is 5.39. The van der Waals surface area contributed by atoms with Gasteiger partial charge in [0.05, 0.1) is 7.11 Å². The van der Waals surface area contributed by atoms with Crippen LogP contribution in [0.15, 0.2) is 18.2 Å². The number of pyridine rings is 1. The van der Waals surface area contributed by atoms with Gasteiger partial charge in [-0.2, -0.15) is 4.98 Å². The molecule has 4 heteroatoms. The first-order valence-electron chi connectivity index (χ1n) is 5.68. The third-order valence-corrected chi connectivity index (χ3v) is 3.62. The second-order valence-corrected chi connectivity index (χ2v) is 4.71. The van der Waals surface area contributed by atoms with E-state index >= 15 is 0 Å². The molecule has 1 aliphatic rings. The van der Waals surface area contributed by atoms with Crippen molar-refractivity contribution in [1.29, 1.82) is 0 Å². The zero-order chi connectivity index (χ0) is 11.4. The Bertz CT molecular complexity index is 346. The van der Waals surface area contributed by atoms with Crippen LogP contribution in [0.1, 0.15) is 19.3 Å². The Morgan fingerprint density at radius 2 is 2.38 bits per heavy atom.